The lowest BCUT2D eigenvalue weighted by atomic mass is 10.1. The Morgan fingerprint density at radius 1 is 1.50 bits per heavy atom. The summed E-state index contributed by atoms with van der Waals surface area (Å²) in [6.45, 7) is 0.838. The highest BCUT2D eigenvalue weighted by Crippen LogP contribution is 2.24. The van der Waals surface area contributed by atoms with Gasteiger partial charge in [-0.05, 0) is 18.8 Å². The van der Waals surface area contributed by atoms with E-state index in [1.54, 1.807) is 6.20 Å². The molecule has 1 aromatic rings. The predicted octanol–water partition coefficient (Wildman–Crippen LogP) is 1.98. The Labute approximate surface area is 72.1 Å². The minimum absolute atomic E-state index is 0.724. The van der Waals surface area contributed by atoms with E-state index >= 15 is 0 Å². The van der Waals surface area contributed by atoms with Crippen LogP contribution in [0.3, 0.4) is 0 Å². The van der Waals surface area contributed by atoms with Crippen LogP contribution in [0, 0.1) is 5.92 Å². The highest BCUT2D eigenvalue weighted by Gasteiger charge is 2.15. The van der Waals surface area contributed by atoms with Gasteiger partial charge in [-0.15, -0.1) is 5.10 Å². The van der Waals surface area contributed by atoms with Gasteiger partial charge in [0.2, 0.25) is 5.88 Å². The van der Waals surface area contributed by atoms with Crippen molar-refractivity contribution in [3.8, 4) is 5.88 Å². The fraction of sp³-hybridized carbons (Fsp3) is 0.667. The first kappa shape index (κ1) is 7.65. The molecular formula is C9H14N2O. The van der Waals surface area contributed by atoms with Gasteiger partial charge in [-0.2, -0.15) is 0 Å². The van der Waals surface area contributed by atoms with Crippen LogP contribution in [-0.4, -0.2) is 16.8 Å². The number of nitrogens with zero attached hydrogens (tertiary/aromatic N) is 1. The Morgan fingerprint density at radius 2 is 2.33 bits per heavy atom. The zero-order valence-electron chi connectivity index (χ0n) is 7.12. The zero-order chi connectivity index (χ0) is 8.23. The van der Waals surface area contributed by atoms with E-state index in [9.17, 15) is 0 Å². The van der Waals surface area contributed by atoms with Gasteiger partial charge in [0.25, 0.3) is 0 Å². The number of rotatable bonds is 3. The number of H-pyrrole nitrogens is 1. The molecule has 0 radical (unpaired) electrons. The van der Waals surface area contributed by atoms with Crippen LogP contribution in [0.4, 0.5) is 0 Å². The van der Waals surface area contributed by atoms with Crippen molar-refractivity contribution in [3.05, 3.63) is 12.3 Å². The molecule has 1 aromatic heterocycles. The molecule has 0 unspecified atom stereocenters. The first-order valence-corrected chi connectivity index (χ1v) is 4.58. The van der Waals surface area contributed by atoms with Crippen LogP contribution in [0.25, 0.3) is 0 Å². The molecule has 1 aliphatic carbocycles. The summed E-state index contributed by atoms with van der Waals surface area (Å²) in [5.41, 5.74) is 0. The first-order chi connectivity index (χ1) is 5.95. The van der Waals surface area contributed by atoms with Crippen LogP contribution in [-0.2, 0) is 0 Å². The van der Waals surface area contributed by atoms with Crippen molar-refractivity contribution in [3.63, 3.8) is 0 Å². The lowest BCUT2D eigenvalue weighted by Crippen LogP contribution is -2.08. The Morgan fingerprint density at radius 3 is 3.00 bits per heavy atom. The summed E-state index contributed by atoms with van der Waals surface area (Å²) in [7, 11) is 0. The van der Waals surface area contributed by atoms with Gasteiger partial charge in [0.05, 0.1) is 6.61 Å². The number of nitrogens with one attached hydrogen (secondary N) is 1. The maximum absolute atomic E-state index is 5.49. The Bertz CT molecular complexity index is 214. The Balaban J connectivity index is 1.74. The maximum atomic E-state index is 5.49. The normalized spacial score (nSPS) is 18.3. The second-order valence-electron chi connectivity index (χ2n) is 3.37. The van der Waals surface area contributed by atoms with E-state index in [0.29, 0.717) is 0 Å². The van der Waals surface area contributed by atoms with Crippen molar-refractivity contribution >= 4 is 0 Å². The third-order valence-electron chi connectivity index (χ3n) is 2.42. The first-order valence-electron chi connectivity index (χ1n) is 4.58. The van der Waals surface area contributed by atoms with Gasteiger partial charge in [0.1, 0.15) is 0 Å². The monoisotopic (exact) mass is 166 g/mol. The number of ether oxygens (including phenoxy) is 1. The molecule has 0 aromatic carbocycles. The second kappa shape index (κ2) is 3.61. The molecule has 1 N–H and O–H groups in total. The van der Waals surface area contributed by atoms with E-state index in [1.807, 2.05) is 6.07 Å². The molecule has 0 atom stereocenters. The Hall–Kier alpha value is -0.990. The van der Waals surface area contributed by atoms with Gasteiger partial charge in [0, 0.05) is 12.3 Å². The molecule has 66 valence electrons. The minimum atomic E-state index is 0.724. The minimum Gasteiger partial charge on any atom is -0.476 e. The van der Waals surface area contributed by atoms with Crippen LogP contribution < -0.4 is 4.74 Å². The van der Waals surface area contributed by atoms with E-state index < -0.39 is 0 Å². The van der Waals surface area contributed by atoms with E-state index in [1.165, 1.54) is 25.7 Å². The molecule has 1 heterocycles. The van der Waals surface area contributed by atoms with Crippen molar-refractivity contribution in [2.75, 3.05) is 6.61 Å². The third-order valence-corrected chi connectivity index (χ3v) is 2.42. The van der Waals surface area contributed by atoms with E-state index in [2.05, 4.69) is 10.2 Å². The lowest BCUT2D eigenvalue weighted by Gasteiger charge is -2.07. The van der Waals surface area contributed by atoms with Crippen LogP contribution in [0.15, 0.2) is 12.3 Å². The predicted molar refractivity (Wildman–Crippen MR) is 46.0 cm³/mol. The number of hydrogen-bond donors (Lipinski definition) is 1. The van der Waals surface area contributed by atoms with Crippen molar-refractivity contribution < 1.29 is 4.74 Å². The molecule has 0 spiro atoms. The molecule has 3 heteroatoms. The quantitative estimate of drug-likeness (QED) is 0.745. The summed E-state index contributed by atoms with van der Waals surface area (Å²) < 4.78 is 5.49. The maximum Gasteiger partial charge on any atom is 0.232 e. The molecule has 0 saturated heterocycles. The number of aromatic nitrogens is 2. The molecule has 1 saturated carbocycles. The van der Waals surface area contributed by atoms with Crippen LogP contribution in [0.5, 0.6) is 5.88 Å². The van der Waals surface area contributed by atoms with E-state index in [4.69, 9.17) is 4.74 Å². The topological polar surface area (TPSA) is 37.9 Å². The highest BCUT2D eigenvalue weighted by atomic mass is 16.5. The summed E-state index contributed by atoms with van der Waals surface area (Å²) >= 11 is 0. The SMILES string of the molecule is c1cc(OCC2CCCC2)n[nH]1. The van der Waals surface area contributed by atoms with Gasteiger partial charge < -0.3 is 4.74 Å². The van der Waals surface area contributed by atoms with Crippen molar-refractivity contribution in [2.24, 2.45) is 5.92 Å². The van der Waals surface area contributed by atoms with Gasteiger partial charge >= 0.3 is 0 Å². The fourth-order valence-corrected chi connectivity index (χ4v) is 1.71. The van der Waals surface area contributed by atoms with Crippen molar-refractivity contribution in [1.82, 2.24) is 10.2 Å². The molecule has 0 aliphatic heterocycles. The van der Waals surface area contributed by atoms with Crippen LogP contribution in [0.2, 0.25) is 0 Å². The van der Waals surface area contributed by atoms with Gasteiger partial charge in [-0.3, -0.25) is 5.10 Å². The zero-order valence-corrected chi connectivity index (χ0v) is 7.12. The molecule has 3 nitrogen and oxygen atoms in total. The van der Waals surface area contributed by atoms with Crippen molar-refractivity contribution in [1.29, 1.82) is 0 Å². The molecule has 0 amide bonds. The lowest BCUT2D eigenvalue weighted by molar-refractivity contribution is 0.243. The molecule has 1 aliphatic rings. The molecule has 1 fully saturated rings. The molecular weight excluding hydrogens is 152 g/mol. The molecule has 12 heavy (non-hydrogen) atoms. The summed E-state index contributed by atoms with van der Waals surface area (Å²) in [5.74, 6) is 1.49. The standard InChI is InChI=1S/C9H14N2O/c1-2-4-8(3-1)7-12-9-5-6-10-11-9/h5-6,8H,1-4,7H2,(H,10,11). The molecule has 2 rings (SSSR count). The summed E-state index contributed by atoms with van der Waals surface area (Å²) in [4.78, 5) is 0. The number of hydrogen-bond acceptors (Lipinski definition) is 2. The number of aromatic amines is 1. The third kappa shape index (κ3) is 1.78. The summed E-state index contributed by atoms with van der Waals surface area (Å²) in [6.07, 6.45) is 7.17. The summed E-state index contributed by atoms with van der Waals surface area (Å²) in [5, 5.41) is 6.66. The second-order valence-corrected chi connectivity index (χ2v) is 3.37. The van der Waals surface area contributed by atoms with Crippen LogP contribution in [0.1, 0.15) is 25.7 Å². The van der Waals surface area contributed by atoms with Gasteiger partial charge in [-0.25, -0.2) is 0 Å². The molecule has 0 bridgehead atoms. The smallest absolute Gasteiger partial charge is 0.232 e. The van der Waals surface area contributed by atoms with Gasteiger partial charge in [0.15, 0.2) is 0 Å². The average Bonchev–Trinajstić information content (AvgIpc) is 2.74. The van der Waals surface area contributed by atoms with E-state index in [-0.39, 0.29) is 0 Å². The van der Waals surface area contributed by atoms with E-state index in [0.717, 1.165) is 18.4 Å². The largest absolute Gasteiger partial charge is 0.476 e. The average molecular weight is 166 g/mol. The highest BCUT2D eigenvalue weighted by molar-refractivity contribution is 5.03. The summed E-state index contributed by atoms with van der Waals surface area (Å²) in [6, 6.07) is 1.86. The van der Waals surface area contributed by atoms with Crippen molar-refractivity contribution in [2.45, 2.75) is 25.7 Å². The fourth-order valence-electron chi connectivity index (χ4n) is 1.71. The van der Waals surface area contributed by atoms with Crippen LogP contribution >= 0.6 is 0 Å². The Kier molecular flexibility index (Phi) is 2.30. The van der Waals surface area contributed by atoms with Gasteiger partial charge in [-0.1, -0.05) is 12.8 Å².